The largest absolute Gasteiger partial charge is 0.622 e. The fourth-order valence-corrected chi connectivity index (χ4v) is 3.38. The molecule has 0 spiro atoms. The molecule has 1 heterocycles. The molecule has 1 N–H and O–H groups in total. The van der Waals surface area contributed by atoms with Crippen molar-refractivity contribution < 1.29 is 19.5 Å². The van der Waals surface area contributed by atoms with Gasteiger partial charge in [-0.05, 0) is 42.8 Å². The minimum Gasteiger partial charge on any atom is -0.622 e. The zero-order valence-electron chi connectivity index (χ0n) is 15.0. The van der Waals surface area contributed by atoms with Gasteiger partial charge < -0.3 is 15.2 Å². The second kappa shape index (κ2) is 6.90. The summed E-state index contributed by atoms with van der Waals surface area (Å²) in [6.45, 7) is 3.32. The van der Waals surface area contributed by atoms with Crippen molar-refractivity contribution in [1.82, 2.24) is 5.06 Å². The van der Waals surface area contributed by atoms with Gasteiger partial charge in [-0.3, -0.25) is 4.79 Å². The molecule has 0 amide bonds. The number of rotatable bonds is 5. The Morgan fingerprint density at radius 3 is 2.38 bits per heavy atom. The Morgan fingerprint density at radius 1 is 1.23 bits per heavy atom. The van der Waals surface area contributed by atoms with Crippen LogP contribution in [-0.2, 0) is 0 Å². The number of carbonyl (C=O) groups is 1. The zero-order chi connectivity index (χ0) is 18.9. The summed E-state index contributed by atoms with van der Waals surface area (Å²) >= 11 is 0. The summed E-state index contributed by atoms with van der Waals surface area (Å²) in [7, 11) is 1.54. The van der Waals surface area contributed by atoms with Crippen molar-refractivity contribution in [2.75, 3.05) is 7.11 Å². The van der Waals surface area contributed by atoms with Crippen LogP contribution in [0.25, 0.3) is 0 Å². The molecule has 26 heavy (non-hydrogen) atoms. The van der Waals surface area contributed by atoms with E-state index in [1.165, 1.54) is 14.0 Å². The van der Waals surface area contributed by atoms with Gasteiger partial charge in [0.2, 0.25) is 5.71 Å². The fraction of sp³-hybridized carbons (Fsp3) is 0.300. The van der Waals surface area contributed by atoms with Crippen molar-refractivity contribution in [2.24, 2.45) is 0 Å². The quantitative estimate of drug-likeness (QED) is 0.507. The monoisotopic (exact) mass is 354 g/mol. The van der Waals surface area contributed by atoms with Crippen LogP contribution in [-0.4, -0.2) is 45.3 Å². The molecular formula is C20H22N2O4. The van der Waals surface area contributed by atoms with E-state index in [1.54, 1.807) is 36.4 Å². The highest BCUT2D eigenvalue weighted by Gasteiger charge is 2.59. The van der Waals surface area contributed by atoms with Gasteiger partial charge in [0.05, 0.1) is 7.11 Å². The van der Waals surface area contributed by atoms with E-state index in [0.29, 0.717) is 33.7 Å². The van der Waals surface area contributed by atoms with Crippen LogP contribution < -0.4 is 4.74 Å². The minimum absolute atomic E-state index is 0.331. The van der Waals surface area contributed by atoms with E-state index >= 15 is 0 Å². The predicted molar refractivity (Wildman–Crippen MR) is 97.6 cm³/mol. The number of methoxy groups -OCH3 is 1. The van der Waals surface area contributed by atoms with Crippen LogP contribution in [0.4, 0.5) is 0 Å². The lowest BCUT2D eigenvalue weighted by Gasteiger charge is -2.28. The highest BCUT2D eigenvalue weighted by Crippen LogP contribution is 2.32. The number of Topliss-reactive ketones (excluding diaryl/α,β-unsaturated/α-hetero) is 1. The molecule has 0 aliphatic carbocycles. The van der Waals surface area contributed by atoms with Crippen LogP contribution in [0.5, 0.6) is 5.75 Å². The lowest BCUT2D eigenvalue weighted by Crippen LogP contribution is -2.54. The first-order chi connectivity index (χ1) is 12.4. The SMILES string of the molecule is CC[C@H]1C(c2ccccc2)=[N+]([O-])[C@](C)(C(=O)c2ccc(OC)cc2)N1O. The van der Waals surface area contributed by atoms with Gasteiger partial charge in [0.25, 0.3) is 5.78 Å². The predicted octanol–water partition coefficient (Wildman–Crippen LogP) is 3.08. The summed E-state index contributed by atoms with van der Waals surface area (Å²) in [6, 6.07) is 15.0. The van der Waals surface area contributed by atoms with Crippen molar-refractivity contribution in [2.45, 2.75) is 32.0 Å². The van der Waals surface area contributed by atoms with Crippen molar-refractivity contribution in [3.63, 3.8) is 0 Å². The number of nitrogens with zero attached hydrogens (tertiary/aromatic N) is 2. The maximum absolute atomic E-state index is 13.2. The van der Waals surface area contributed by atoms with Crippen LogP contribution in [0.3, 0.4) is 0 Å². The standard InChI is InChI=1S/C20H22N2O4/c1-4-17-18(14-8-6-5-7-9-14)22(25)20(2,21(17)24)19(23)15-10-12-16(26-3)13-11-15/h5-13,17,24H,4H2,1-3H3/t17-,20+/m0/s1. The van der Waals surface area contributed by atoms with Gasteiger partial charge >= 0.3 is 5.66 Å². The molecule has 6 nitrogen and oxygen atoms in total. The average Bonchev–Trinajstić information content (AvgIpc) is 2.89. The second-order valence-corrected chi connectivity index (χ2v) is 6.39. The molecule has 0 bridgehead atoms. The van der Waals surface area contributed by atoms with E-state index in [2.05, 4.69) is 0 Å². The third-order valence-corrected chi connectivity index (χ3v) is 4.91. The Hall–Kier alpha value is -2.70. The highest BCUT2D eigenvalue weighted by molar-refractivity contribution is 6.07. The van der Waals surface area contributed by atoms with Gasteiger partial charge in [0.1, 0.15) is 11.8 Å². The Kier molecular flexibility index (Phi) is 4.80. The topological polar surface area (TPSA) is 75.8 Å². The maximum atomic E-state index is 13.2. The molecule has 2 aromatic carbocycles. The number of hydroxylamine groups is 3. The molecule has 0 radical (unpaired) electrons. The summed E-state index contributed by atoms with van der Waals surface area (Å²) in [5.74, 6) is 0.142. The van der Waals surface area contributed by atoms with E-state index in [0.717, 1.165) is 5.06 Å². The normalized spacial score (nSPS) is 23.3. The average molecular weight is 354 g/mol. The first-order valence-corrected chi connectivity index (χ1v) is 8.51. The zero-order valence-corrected chi connectivity index (χ0v) is 15.0. The number of hydrogen-bond donors (Lipinski definition) is 1. The van der Waals surface area contributed by atoms with Crippen molar-refractivity contribution in [1.29, 1.82) is 0 Å². The molecule has 6 heteroatoms. The first kappa shape index (κ1) is 18.1. The first-order valence-electron chi connectivity index (χ1n) is 8.51. The summed E-state index contributed by atoms with van der Waals surface area (Å²) in [5.41, 5.74) is -0.322. The molecule has 2 atom stereocenters. The summed E-state index contributed by atoms with van der Waals surface area (Å²) in [6.07, 6.45) is 0.491. The molecule has 1 aliphatic rings. The smallest absolute Gasteiger partial charge is 0.312 e. The van der Waals surface area contributed by atoms with Gasteiger partial charge in [-0.2, -0.15) is 4.74 Å². The third kappa shape index (κ3) is 2.67. The van der Waals surface area contributed by atoms with Crippen LogP contribution >= 0.6 is 0 Å². The summed E-state index contributed by atoms with van der Waals surface area (Å²) in [5, 5.41) is 24.8. The third-order valence-electron chi connectivity index (χ3n) is 4.91. The maximum Gasteiger partial charge on any atom is 0.312 e. The summed E-state index contributed by atoms with van der Waals surface area (Å²) < 4.78 is 5.75. The molecule has 136 valence electrons. The fourth-order valence-electron chi connectivity index (χ4n) is 3.38. The van der Waals surface area contributed by atoms with Gasteiger partial charge in [-0.25, -0.2) is 0 Å². The lowest BCUT2D eigenvalue weighted by atomic mass is 9.99. The van der Waals surface area contributed by atoms with E-state index in [9.17, 15) is 15.2 Å². The molecule has 3 rings (SSSR count). The molecule has 0 fully saturated rings. The molecule has 0 unspecified atom stereocenters. The van der Waals surface area contributed by atoms with Crippen LogP contribution in [0.1, 0.15) is 36.2 Å². The minimum atomic E-state index is -1.74. The van der Waals surface area contributed by atoms with Gasteiger partial charge in [-0.1, -0.05) is 25.1 Å². The van der Waals surface area contributed by atoms with Crippen LogP contribution in [0, 0.1) is 5.21 Å². The van der Waals surface area contributed by atoms with Crippen LogP contribution in [0.2, 0.25) is 0 Å². The molecule has 0 saturated carbocycles. The Bertz CT molecular complexity index is 833. The highest BCUT2D eigenvalue weighted by atomic mass is 16.6. The van der Waals surface area contributed by atoms with Crippen LogP contribution in [0.15, 0.2) is 54.6 Å². The molecule has 2 aromatic rings. The number of ether oxygens (including phenoxy) is 1. The summed E-state index contributed by atoms with van der Waals surface area (Å²) in [4.78, 5) is 13.1. The van der Waals surface area contributed by atoms with Crippen molar-refractivity contribution in [3.05, 3.63) is 70.9 Å². The lowest BCUT2D eigenvalue weighted by molar-refractivity contribution is -0.562. The Balaban J connectivity index is 2.09. The van der Waals surface area contributed by atoms with Crippen molar-refractivity contribution >= 4 is 11.5 Å². The Labute approximate surface area is 152 Å². The molecule has 0 saturated heterocycles. The second-order valence-electron chi connectivity index (χ2n) is 6.39. The van der Waals surface area contributed by atoms with Gasteiger partial charge in [0, 0.05) is 18.1 Å². The molecule has 0 aromatic heterocycles. The van der Waals surface area contributed by atoms with Gasteiger partial charge in [-0.15, -0.1) is 5.06 Å². The number of ketones is 1. The molecular weight excluding hydrogens is 332 g/mol. The van der Waals surface area contributed by atoms with E-state index in [4.69, 9.17) is 4.74 Å². The van der Waals surface area contributed by atoms with E-state index in [1.807, 2.05) is 25.1 Å². The van der Waals surface area contributed by atoms with Gasteiger partial charge in [0.15, 0.2) is 0 Å². The number of benzene rings is 2. The Morgan fingerprint density at radius 2 is 1.85 bits per heavy atom. The van der Waals surface area contributed by atoms with E-state index in [-0.39, 0.29) is 0 Å². The van der Waals surface area contributed by atoms with Crippen molar-refractivity contribution in [3.8, 4) is 5.75 Å². The number of carbonyl (C=O) groups excluding carboxylic acids is 1. The molecule has 1 aliphatic heterocycles. The number of hydrogen-bond acceptors (Lipinski definition) is 5. The van der Waals surface area contributed by atoms with E-state index < -0.39 is 17.5 Å².